The van der Waals surface area contributed by atoms with E-state index in [0.717, 1.165) is 13.1 Å². The van der Waals surface area contributed by atoms with Gasteiger partial charge in [-0.3, -0.25) is 9.69 Å². The van der Waals surface area contributed by atoms with Gasteiger partial charge in [-0.15, -0.1) is 11.3 Å². The first-order valence-electron chi connectivity index (χ1n) is 7.21. The minimum Gasteiger partial charge on any atom is -0.325 e. The van der Waals surface area contributed by atoms with Crippen molar-refractivity contribution in [2.75, 3.05) is 11.9 Å². The fraction of sp³-hybridized carbons (Fsp3) is 0.294. The molecule has 0 saturated heterocycles. The zero-order chi connectivity index (χ0) is 15.9. The van der Waals surface area contributed by atoms with Crippen molar-refractivity contribution in [1.29, 1.82) is 5.26 Å². The van der Waals surface area contributed by atoms with E-state index in [1.165, 1.54) is 4.88 Å². The van der Waals surface area contributed by atoms with Gasteiger partial charge < -0.3 is 5.32 Å². The van der Waals surface area contributed by atoms with Crippen LogP contribution in [0.5, 0.6) is 0 Å². The molecular formula is C17H19N3OS. The first-order valence-corrected chi connectivity index (χ1v) is 8.09. The molecule has 22 heavy (non-hydrogen) atoms. The van der Waals surface area contributed by atoms with Crippen molar-refractivity contribution in [3.8, 4) is 6.07 Å². The largest absolute Gasteiger partial charge is 0.325 e. The summed E-state index contributed by atoms with van der Waals surface area (Å²) in [6, 6.07) is 12.8. The fourth-order valence-electron chi connectivity index (χ4n) is 2.17. The number of carbonyl (C=O) groups is 1. The smallest absolute Gasteiger partial charge is 0.241 e. The Labute approximate surface area is 135 Å². The van der Waals surface area contributed by atoms with Crippen LogP contribution in [0.25, 0.3) is 0 Å². The molecule has 1 aromatic heterocycles. The molecular weight excluding hydrogens is 294 g/mol. The highest BCUT2D eigenvalue weighted by Gasteiger charge is 2.20. The Bertz CT molecular complexity index is 644. The van der Waals surface area contributed by atoms with E-state index in [1.54, 1.807) is 35.6 Å². The second-order valence-corrected chi connectivity index (χ2v) is 6.03. The third kappa shape index (κ3) is 4.17. The van der Waals surface area contributed by atoms with Crippen molar-refractivity contribution < 1.29 is 4.79 Å². The van der Waals surface area contributed by atoms with Crippen LogP contribution in [-0.2, 0) is 11.3 Å². The van der Waals surface area contributed by atoms with Gasteiger partial charge in [-0.05, 0) is 49.2 Å². The number of benzene rings is 1. The van der Waals surface area contributed by atoms with E-state index in [0.29, 0.717) is 11.3 Å². The molecule has 1 atom stereocenters. The van der Waals surface area contributed by atoms with Crippen LogP contribution < -0.4 is 5.32 Å². The van der Waals surface area contributed by atoms with E-state index >= 15 is 0 Å². The summed E-state index contributed by atoms with van der Waals surface area (Å²) in [5.41, 5.74) is 1.29. The molecule has 1 aromatic carbocycles. The highest BCUT2D eigenvalue weighted by molar-refractivity contribution is 7.09. The number of nitrogens with zero attached hydrogens (tertiary/aromatic N) is 2. The lowest BCUT2D eigenvalue weighted by Gasteiger charge is -2.26. The molecule has 1 heterocycles. The van der Waals surface area contributed by atoms with Crippen molar-refractivity contribution in [3.05, 3.63) is 52.2 Å². The Hall–Kier alpha value is -2.16. The zero-order valence-corrected chi connectivity index (χ0v) is 13.6. The predicted octanol–water partition coefficient (Wildman–Crippen LogP) is 3.47. The molecule has 0 unspecified atom stereocenters. The maximum Gasteiger partial charge on any atom is 0.241 e. The Balaban J connectivity index is 1.98. The molecule has 0 saturated carbocycles. The number of amides is 1. The van der Waals surface area contributed by atoms with Gasteiger partial charge in [0.15, 0.2) is 0 Å². The van der Waals surface area contributed by atoms with Gasteiger partial charge in [0, 0.05) is 17.1 Å². The van der Waals surface area contributed by atoms with E-state index in [4.69, 9.17) is 5.26 Å². The Morgan fingerprint density at radius 2 is 2.09 bits per heavy atom. The third-order valence-electron chi connectivity index (χ3n) is 3.55. The second kappa shape index (κ2) is 7.74. The zero-order valence-electron chi connectivity index (χ0n) is 12.7. The number of nitrogens with one attached hydrogen (secondary N) is 1. The lowest BCUT2D eigenvalue weighted by Crippen LogP contribution is -2.41. The van der Waals surface area contributed by atoms with Gasteiger partial charge in [0.2, 0.25) is 5.91 Å². The normalized spacial score (nSPS) is 11.9. The summed E-state index contributed by atoms with van der Waals surface area (Å²) < 4.78 is 0. The van der Waals surface area contributed by atoms with Crippen molar-refractivity contribution in [1.82, 2.24) is 4.90 Å². The molecule has 2 aromatic rings. The van der Waals surface area contributed by atoms with Crippen LogP contribution in [0.1, 0.15) is 24.3 Å². The SMILES string of the molecule is CCN(Cc1cccs1)[C@H](C)C(=O)Nc1ccc(C#N)cc1. The molecule has 5 heteroatoms. The first-order chi connectivity index (χ1) is 10.6. The Morgan fingerprint density at radius 1 is 1.36 bits per heavy atom. The van der Waals surface area contributed by atoms with Crippen LogP contribution in [0.15, 0.2) is 41.8 Å². The molecule has 0 radical (unpaired) electrons. The van der Waals surface area contributed by atoms with Crippen molar-refractivity contribution >= 4 is 22.9 Å². The summed E-state index contributed by atoms with van der Waals surface area (Å²) in [6.07, 6.45) is 0. The monoisotopic (exact) mass is 313 g/mol. The van der Waals surface area contributed by atoms with Crippen molar-refractivity contribution in [2.45, 2.75) is 26.4 Å². The van der Waals surface area contributed by atoms with Crippen LogP contribution in [0.2, 0.25) is 0 Å². The van der Waals surface area contributed by atoms with Crippen molar-refractivity contribution in [2.24, 2.45) is 0 Å². The summed E-state index contributed by atoms with van der Waals surface area (Å²) in [6.45, 7) is 5.55. The number of likely N-dealkylation sites (N-methyl/N-ethyl adjacent to an activating group) is 1. The van der Waals surface area contributed by atoms with Crippen LogP contribution in [0.4, 0.5) is 5.69 Å². The van der Waals surface area contributed by atoms with E-state index in [9.17, 15) is 4.79 Å². The van der Waals surface area contributed by atoms with Crippen LogP contribution in [0, 0.1) is 11.3 Å². The molecule has 0 bridgehead atoms. The molecule has 1 amide bonds. The van der Waals surface area contributed by atoms with E-state index < -0.39 is 0 Å². The molecule has 1 N–H and O–H groups in total. The van der Waals surface area contributed by atoms with E-state index in [-0.39, 0.29) is 11.9 Å². The van der Waals surface area contributed by atoms with Crippen molar-refractivity contribution in [3.63, 3.8) is 0 Å². The summed E-state index contributed by atoms with van der Waals surface area (Å²) in [5.74, 6) is -0.0388. The van der Waals surface area contributed by atoms with Gasteiger partial charge in [-0.2, -0.15) is 5.26 Å². The molecule has 0 spiro atoms. The van der Waals surface area contributed by atoms with Gasteiger partial charge in [0.05, 0.1) is 17.7 Å². The average molecular weight is 313 g/mol. The number of nitriles is 1. The molecule has 0 aliphatic carbocycles. The average Bonchev–Trinajstić information content (AvgIpc) is 3.05. The van der Waals surface area contributed by atoms with Crippen LogP contribution in [0.3, 0.4) is 0 Å². The molecule has 0 aliphatic rings. The summed E-state index contributed by atoms with van der Waals surface area (Å²) in [7, 11) is 0. The van der Waals surface area contributed by atoms with Gasteiger partial charge >= 0.3 is 0 Å². The number of rotatable bonds is 6. The quantitative estimate of drug-likeness (QED) is 0.888. The molecule has 0 aliphatic heterocycles. The summed E-state index contributed by atoms with van der Waals surface area (Å²) in [5, 5.41) is 13.7. The third-order valence-corrected chi connectivity index (χ3v) is 4.42. The topological polar surface area (TPSA) is 56.1 Å². The number of anilines is 1. The second-order valence-electron chi connectivity index (χ2n) is 5.00. The lowest BCUT2D eigenvalue weighted by atomic mass is 10.2. The van der Waals surface area contributed by atoms with E-state index in [1.807, 2.05) is 18.4 Å². The lowest BCUT2D eigenvalue weighted by molar-refractivity contribution is -0.120. The Morgan fingerprint density at radius 3 is 2.64 bits per heavy atom. The fourth-order valence-corrected chi connectivity index (χ4v) is 2.90. The maximum atomic E-state index is 12.4. The number of hydrogen-bond acceptors (Lipinski definition) is 4. The minimum absolute atomic E-state index is 0.0388. The molecule has 114 valence electrons. The maximum absolute atomic E-state index is 12.4. The molecule has 4 nitrogen and oxygen atoms in total. The predicted molar refractivity (Wildman–Crippen MR) is 89.7 cm³/mol. The van der Waals surface area contributed by atoms with Gasteiger partial charge in [0.1, 0.15) is 0 Å². The summed E-state index contributed by atoms with van der Waals surface area (Å²) in [4.78, 5) is 15.8. The van der Waals surface area contributed by atoms with Gasteiger partial charge in [-0.25, -0.2) is 0 Å². The number of carbonyl (C=O) groups excluding carboxylic acids is 1. The standard InChI is InChI=1S/C17H19N3OS/c1-3-20(12-16-5-4-10-22-16)13(2)17(21)19-15-8-6-14(11-18)7-9-15/h4-10,13H,3,12H2,1-2H3,(H,19,21)/t13-/m1/s1. The summed E-state index contributed by atoms with van der Waals surface area (Å²) >= 11 is 1.70. The van der Waals surface area contributed by atoms with Gasteiger partial charge in [0.25, 0.3) is 0 Å². The Kier molecular flexibility index (Phi) is 5.70. The molecule has 0 fully saturated rings. The number of hydrogen-bond donors (Lipinski definition) is 1. The molecule has 2 rings (SSSR count). The minimum atomic E-state index is -0.220. The van der Waals surface area contributed by atoms with Crippen LogP contribution >= 0.6 is 11.3 Å². The highest BCUT2D eigenvalue weighted by atomic mass is 32.1. The van der Waals surface area contributed by atoms with Gasteiger partial charge in [-0.1, -0.05) is 13.0 Å². The van der Waals surface area contributed by atoms with E-state index in [2.05, 4.69) is 29.3 Å². The first kappa shape index (κ1) is 16.2. The highest BCUT2D eigenvalue weighted by Crippen LogP contribution is 2.15. The number of thiophene rings is 1. The van der Waals surface area contributed by atoms with Crippen LogP contribution in [-0.4, -0.2) is 23.4 Å².